The molecule has 1 aromatic carbocycles. The summed E-state index contributed by atoms with van der Waals surface area (Å²) in [5.41, 5.74) is -0.970. The van der Waals surface area contributed by atoms with Gasteiger partial charge in [0.05, 0.1) is 17.7 Å². The molecule has 2 aromatic rings. The first kappa shape index (κ1) is 20.5. The molecule has 1 aromatic heterocycles. The number of anilines is 1. The van der Waals surface area contributed by atoms with Gasteiger partial charge in [0, 0.05) is 0 Å². The number of hydrogen-bond donors (Lipinski definition) is 1. The number of aromatic nitrogens is 2. The summed E-state index contributed by atoms with van der Waals surface area (Å²) in [6.07, 6.45) is -9.61. The molecule has 0 atom stereocenters. The molecule has 0 radical (unpaired) electrons. The molecule has 0 aliphatic carbocycles. The second-order valence-electron chi connectivity index (χ2n) is 5.89. The predicted molar refractivity (Wildman–Crippen MR) is 85.3 cm³/mol. The second-order valence-corrected chi connectivity index (χ2v) is 5.89. The Morgan fingerprint density at radius 2 is 1.55 bits per heavy atom. The third kappa shape index (κ3) is 4.97. The van der Waals surface area contributed by atoms with Crippen LogP contribution in [0, 0.1) is 0 Å². The number of alkyl halides is 6. The van der Waals surface area contributed by atoms with Crippen molar-refractivity contribution in [3.8, 4) is 17.4 Å². The van der Waals surface area contributed by atoms with Crippen LogP contribution in [0.25, 0.3) is 5.69 Å². The SMILES string of the molecule is O=C1Cc2c(nc(OCC(F)(F)F)n(-c3ccc(OCC(F)(F)F)cc3)c2=O)N1. The molecule has 3 rings (SSSR count). The molecular formula is C16H11F6N3O4. The zero-order chi connectivity index (χ0) is 21.4. The van der Waals surface area contributed by atoms with Crippen molar-refractivity contribution in [2.45, 2.75) is 18.8 Å². The van der Waals surface area contributed by atoms with Crippen molar-refractivity contribution in [1.82, 2.24) is 9.55 Å². The van der Waals surface area contributed by atoms with Crippen molar-refractivity contribution in [2.75, 3.05) is 18.5 Å². The number of carbonyl (C=O) groups excluding carboxylic acids is 1. The fourth-order valence-electron chi connectivity index (χ4n) is 2.46. The molecule has 13 heteroatoms. The van der Waals surface area contributed by atoms with Gasteiger partial charge in [0.1, 0.15) is 11.6 Å². The van der Waals surface area contributed by atoms with E-state index in [1.807, 2.05) is 0 Å². The van der Waals surface area contributed by atoms with Gasteiger partial charge in [-0.1, -0.05) is 0 Å². The van der Waals surface area contributed by atoms with Crippen LogP contribution in [-0.2, 0) is 11.2 Å². The minimum absolute atomic E-state index is 0.0406. The van der Waals surface area contributed by atoms with Crippen molar-refractivity contribution in [3.05, 3.63) is 40.2 Å². The second kappa shape index (κ2) is 7.29. The summed E-state index contributed by atoms with van der Waals surface area (Å²) < 4.78 is 84.1. The molecular weight excluding hydrogens is 412 g/mol. The summed E-state index contributed by atoms with van der Waals surface area (Å²) in [6.45, 7) is -3.29. The number of hydrogen-bond acceptors (Lipinski definition) is 5. The highest BCUT2D eigenvalue weighted by atomic mass is 19.4. The Morgan fingerprint density at radius 1 is 0.966 bits per heavy atom. The summed E-state index contributed by atoms with van der Waals surface area (Å²) >= 11 is 0. The molecule has 156 valence electrons. The number of fused-ring (bicyclic) bond motifs is 1. The number of ether oxygens (including phenoxy) is 2. The average molecular weight is 423 g/mol. The number of amides is 1. The molecule has 1 N–H and O–H groups in total. The van der Waals surface area contributed by atoms with E-state index in [1.165, 1.54) is 0 Å². The molecule has 1 aliphatic rings. The van der Waals surface area contributed by atoms with E-state index < -0.39 is 43.0 Å². The van der Waals surface area contributed by atoms with Crippen LogP contribution in [0.3, 0.4) is 0 Å². The first-order valence-electron chi connectivity index (χ1n) is 7.88. The zero-order valence-corrected chi connectivity index (χ0v) is 14.2. The van der Waals surface area contributed by atoms with E-state index in [0.717, 1.165) is 24.3 Å². The van der Waals surface area contributed by atoms with Crippen molar-refractivity contribution >= 4 is 11.7 Å². The van der Waals surface area contributed by atoms with E-state index in [4.69, 9.17) is 0 Å². The van der Waals surface area contributed by atoms with Crippen LogP contribution < -0.4 is 20.3 Å². The van der Waals surface area contributed by atoms with Crippen molar-refractivity contribution in [3.63, 3.8) is 0 Å². The average Bonchev–Trinajstić information content (AvgIpc) is 2.98. The Labute approximate surface area is 157 Å². The van der Waals surface area contributed by atoms with Crippen LogP contribution in [0.5, 0.6) is 11.8 Å². The van der Waals surface area contributed by atoms with Gasteiger partial charge in [-0.3, -0.25) is 9.59 Å². The maximum Gasteiger partial charge on any atom is 0.422 e. The molecule has 29 heavy (non-hydrogen) atoms. The van der Waals surface area contributed by atoms with Gasteiger partial charge >= 0.3 is 18.4 Å². The number of benzene rings is 1. The molecule has 7 nitrogen and oxygen atoms in total. The minimum Gasteiger partial charge on any atom is -0.484 e. The Balaban J connectivity index is 1.97. The normalized spacial score (nSPS) is 13.8. The zero-order valence-electron chi connectivity index (χ0n) is 14.2. The Hall–Kier alpha value is -3.25. The Bertz CT molecular complexity index is 982. The van der Waals surface area contributed by atoms with E-state index in [-0.39, 0.29) is 29.2 Å². The standard InChI is InChI=1S/C16H11F6N3O4/c17-15(18,19)6-28-9-3-1-8(2-4-9)25-13(27)10-5-11(26)23-12(10)24-14(25)29-7-16(20,21)22/h1-4H,5-7H2,(H,23,26). The highest BCUT2D eigenvalue weighted by Crippen LogP contribution is 2.26. The van der Waals surface area contributed by atoms with Crippen LogP contribution in [-0.4, -0.2) is 41.0 Å². The number of nitrogens with one attached hydrogen (secondary N) is 1. The number of rotatable bonds is 5. The van der Waals surface area contributed by atoms with Gasteiger partial charge in [-0.25, -0.2) is 4.57 Å². The summed E-state index contributed by atoms with van der Waals surface area (Å²) in [6, 6.07) is 3.74. The smallest absolute Gasteiger partial charge is 0.422 e. The molecule has 0 unspecified atom stereocenters. The Kier molecular flexibility index (Phi) is 5.15. The van der Waals surface area contributed by atoms with Crippen molar-refractivity contribution in [2.24, 2.45) is 0 Å². The van der Waals surface area contributed by atoms with Gasteiger partial charge in [-0.15, -0.1) is 0 Å². The number of carbonyl (C=O) groups is 1. The third-order valence-corrected chi connectivity index (χ3v) is 3.60. The van der Waals surface area contributed by atoms with Gasteiger partial charge in [-0.2, -0.15) is 31.3 Å². The van der Waals surface area contributed by atoms with Crippen LogP contribution in [0.2, 0.25) is 0 Å². The highest BCUT2D eigenvalue weighted by Gasteiger charge is 2.32. The van der Waals surface area contributed by atoms with Gasteiger partial charge in [0.15, 0.2) is 13.2 Å². The molecule has 0 saturated heterocycles. The quantitative estimate of drug-likeness (QED) is 0.748. The summed E-state index contributed by atoms with van der Waals surface area (Å²) in [5, 5.41) is 2.24. The van der Waals surface area contributed by atoms with Crippen LogP contribution >= 0.6 is 0 Å². The van der Waals surface area contributed by atoms with E-state index in [0.29, 0.717) is 4.57 Å². The maximum absolute atomic E-state index is 12.7. The lowest BCUT2D eigenvalue weighted by molar-refractivity contribution is -0.155. The van der Waals surface area contributed by atoms with Crippen molar-refractivity contribution in [1.29, 1.82) is 0 Å². The maximum atomic E-state index is 12.7. The fraction of sp³-hybridized carbons (Fsp3) is 0.312. The van der Waals surface area contributed by atoms with Gasteiger partial charge in [-0.05, 0) is 24.3 Å². The lowest BCUT2D eigenvalue weighted by Crippen LogP contribution is -2.28. The summed E-state index contributed by atoms with van der Waals surface area (Å²) in [5.74, 6) is -0.957. The molecule has 1 amide bonds. The number of nitrogens with zero attached hydrogens (tertiary/aromatic N) is 2. The van der Waals surface area contributed by atoms with E-state index in [1.54, 1.807) is 0 Å². The fourth-order valence-corrected chi connectivity index (χ4v) is 2.46. The molecule has 0 spiro atoms. The summed E-state index contributed by atoms with van der Waals surface area (Å²) in [4.78, 5) is 27.9. The number of halogens is 6. The lowest BCUT2D eigenvalue weighted by Gasteiger charge is -2.16. The van der Waals surface area contributed by atoms with Crippen LogP contribution in [0.1, 0.15) is 5.56 Å². The topological polar surface area (TPSA) is 82.4 Å². The Morgan fingerprint density at radius 3 is 2.14 bits per heavy atom. The van der Waals surface area contributed by atoms with E-state index >= 15 is 0 Å². The molecule has 1 aliphatic heterocycles. The minimum atomic E-state index is -4.72. The summed E-state index contributed by atoms with van der Waals surface area (Å²) in [7, 11) is 0. The highest BCUT2D eigenvalue weighted by molar-refractivity contribution is 5.97. The molecule has 2 heterocycles. The lowest BCUT2D eigenvalue weighted by atomic mass is 10.2. The van der Waals surface area contributed by atoms with Crippen LogP contribution in [0.15, 0.2) is 29.1 Å². The molecule has 0 bridgehead atoms. The molecule has 0 fully saturated rings. The monoisotopic (exact) mass is 423 g/mol. The van der Waals surface area contributed by atoms with Crippen LogP contribution in [0.4, 0.5) is 32.2 Å². The van der Waals surface area contributed by atoms with Gasteiger partial charge < -0.3 is 14.8 Å². The van der Waals surface area contributed by atoms with Gasteiger partial charge in [0.2, 0.25) is 5.91 Å². The first-order valence-corrected chi connectivity index (χ1v) is 7.88. The third-order valence-electron chi connectivity index (χ3n) is 3.60. The largest absolute Gasteiger partial charge is 0.484 e. The van der Waals surface area contributed by atoms with Crippen molar-refractivity contribution < 1.29 is 40.6 Å². The van der Waals surface area contributed by atoms with E-state index in [2.05, 4.69) is 19.8 Å². The predicted octanol–water partition coefficient (Wildman–Crippen LogP) is 2.61. The van der Waals surface area contributed by atoms with E-state index in [9.17, 15) is 35.9 Å². The first-order chi connectivity index (χ1) is 13.4. The molecule has 0 saturated carbocycles. The van der Waals surface area contributed by atoms with Gasteiger partial charge in [0.25, 0.3) is 5.56 Å².